The minimum atomic E-state index is -0.226. The van der Waals surface area contributed by atoms with E-state index in [1.165, 1.54) is 0 Å². The van der Waals surface area contributed by atoms with Crippen LogP contribution in [0.3, 0.4) is 0 Å². The van der Waals surface area contributed by atoms with Crippen molar-refractivity contribution in [2.24, 2.45) is 4.99 Å². The van der Waals surface area contributed by atoms with Gasteiger partial charge in [-0.1, -0.05) is 103 Å². The van der Waals surface area contributed by atoms with Crippen LogP contribution in [-0.2, 0) is 4.74 Å². The summed E-state index contributed by atoms with van der Waals surface area (Å²) in [5.41, 5.74) is 5.54. The molecule has 6 rings (SSSR count). The number of hydrogen-bond donors (Lipinski definition) is 1. The van der Waals surface area contributed by atoms with Crippen LogP contribution >= 0.6 is 0 Å². The van der Waals surface area contributed by atoms with Crippen LogP contribution in [0.1, 0.15) is 28.8 Å². The Labute approximate surface area is 209 Å². The third-order valence-electron chi connectivity index (χ3n) is 6.08. The van der Waals surface area contributed by atoms with Crippen molar-refractivity contribution in [3.8, 4) is 11.3 Å². The number of ether oxygens (including phenoxy) is 1. The molecule has 0 radical (unpaired) electrons. The Hall–Kier alpha value is -4.84. The van der Waals surface area contributed by atoms with Crippen LogP contribution in [0, 0.1) is 0 Å². The maximum absolute atomic E-state index is 6.53. The van der Waals surface area contributed by atoms with Gasteiger partial charge in [0, 0.05) is 5.56 Å². The van der Waals surface area contributed by atoms with Gasteiger partial charge in [-0.25, -0.2) is 9.98 Å². The van der Waals surface area contributed by atoms with E-state index in [9.17, 15) is 0 Å². The molecule has 5 aromatic rings. The second-order valence-electron chi connectivity index (χ2n) is 8.44. The molecule has 1 aliphatic rings. The van der Waals surface area contributed by atoms with Gasteiger partial charge < -0.3 is 10.1 Å². The Morgan fingerprint density at radius 2 is 1.31 bits per heavy atom. The first-order chi connectivity index (χ1) is 17.8. The quantitative estimate of drug-likeness (QED) is 0.306. The first-order valence-electron chi connectivity index (χ1n) is 11.8. The summed E-state index contributed by atoms with van der Waals surface area (Å²) in [5, 5.41) is 11.7. The average molecular weight is 470 g/mol. The van der Waals surface area contributed by atoms with Gasteiger partial charge in [0.25, 0.3) is 0 Å². The molecule has 0 amide bonds. The number of aromatic nitrogens is 3. The van der Waals surface area contributed by atoms with Crippen molar-refractivity contribution < 1.29 is 4.74 Å². The van der Waals surface area contributed by atoms with Crippen LogP contribution in [0.4, 0.5) is 11.6 Å². The summed E-state index contributed by atoms with van der Waals surface area (Å²) in [6.07, 6.45) is 1.43. The van der Waals surface area contributed by atoms with Crippen LogP contribution in [-0.4, -0.2) is 21.1 Å². The zero-order valence-corrected chi connectivity index (χ0v) is 19.4. The summed E-state index contributed by atoms with van der Waals surface area (Å²) in [7, 11) is 0. The van der Waals surface area contributed by atoms with E-state index in [1.807, 2.05) is 91.0 Å². The zero-order valence-electron chi connectivity index (χ0n) is 19.4. The molecule has 174 valence electrons. The van der Waals surface area contributed by atoms with Crippen LogP contribution < -0.4 is 5.32 Å². The first kappa shape index (κ1) is 21.7. The highest BCUT2D eigenvalue weighted by Gasteiger charge is 2.34. The minimum absolute atomic E-state index is 0.156. The molecule has 36 heavy (non-hydrogen) atoms. The summed E-state index contributed by atoms with van der Waals surface area (Å²) >= 11 is 0. The van der Waals surface area contributed by atoms with Gasteiger partial charge in [0.05, 0.1) is 23.1 Å². The molecule has 6 nitrogen and oxygen atoms in total. The van der Waals surface area contributed by atoms with E-state index in [1.54, 1.807) is 6.20 Å². The van der Waals surface area contributed by atoms with E-state index in [4.69, 9.17) is 9.73 Å². The fraction of sp³-hybridized carbons (Fsp3) is 0.0667. The lowest BCUT2D eigenvalue weighted by Gasteiger charge is -2.18. The smallest absolute Gasteiger partial charge is 0.247 e. The molecule has 0 fully saturated rings. The van der Waals surface area contributed by atoms with Crippen molar-refractivity contribution in [1.82, 2.24) is 15.2 Å². The van der Waals surface area contributed by atoms with E-state index in [-0.39, 0.29) is 12.1 Å². The van der Waals surface area contributed by atoms with Gasteiger partial charge >= 0.3 is 0 Å². The molecule has 6 heteroatoms. The fourth-order valence-electron chi connectivity index (χ4n) is 4.34. The van der Waals surface area contributed by atoms with Crippen molar-refractivity contribution >= 4 is 17.5 Å². The van der Waals surface area contributed by atoms with Gasteiger partial charge in [-0.05, 0) is 23.3 Å². The van der Waals surface area contributed by atoms with E-state index >= 15 is 0 Å². The Balaban J connectivity index is 1.34. The summed E-state index contributed by atoms with van der Waals surface area (Å²) in [5.74, 6) is 0.981. The standard InChI is InChI=1S/C30H23N5O/c1-4-12-21(13-5-1)26-20-31-35-30(33-26)32-25-19-11-10-18-24(25)29-34-27(22-14-6-2-7-15-22)28(36-29)23-16-8-3-9-17-23/h1-20,27-28H,(H,32,33,35)/t27-,28+/m1/s1. The zero-order chi connectivity index (χ0) is 24.2. The van der Waals surface area contributed by atoms with Gasteiger partial charge in [-0.2, -0.15) is 5.10 Å². The predicted octanol–water partition coefficient (Wildman–Crippen LogP) is 6.54. The summed E-state index contributed by atoms with van der Waals surface area (Å²) in [6, 6.07) is 38.1. The molecule has 1 aliphatic heterocycles. The number of rotatable bonds is 6. The lowest BCUT2D eigenvalue weighted by Crippen LogP contribution is -2.10. The highest BCUT2D eigenvalue weighted by atomic mass is 16.5. The van der Waals surface area contributed by atoms with Crippen molar-refractivity contribution in [2.45, 2.75) is 12.1 Å². The predicted molar refractivity (Wildman–Crippen MR) is 141 cm³/mol. The van der Waals surface area contributed by atoms with Crippen molar-refractivity contribution in [3.05, 3.63) is 138 Å². The molecule has 2 heterocycles. The van der Waals surface area contributed by atoms with Crippen molar-refractivity contribution in [3.63, 3.8) is 0 Å². The Kier molecular flexibility index (Phi) is 5.90. The van der Waals surface area contributed by atoms with Crippen LogP contribution in [0.2, 0.25) is 0 Å². The number of para-hydroxylation sites is 1. The fourth-order valence-corrected chi connectivity index (χ4v) is 4.34. The molecule has 0 saturated carbocycles. The van der Waals surface area contributed by atoms with Crippen LogP contribution in [0.5, 0.6) is 0 Å². The monoisotopic (exact) mass is 469 g/mol. The molecule has 4 aromatic carbocycles. The average Bonchev–Trinajstić information content (AvgIpc) is 3.40. The highest BCUT2D eigenvalue weighted by Crippen LogP contribution is 2.42. The number of anilines is 2. The van der Waals surface area contributed by atoms with E-state index in [0.29, 0.717) is 11.8 Å². The van der Waals surface area contributed by atoms with Gasteiger partial charge in [-0.3, -0.25) is 0 Å². The van der Waals surface area contributed by atoms with E-state index in [2.05, 4.69) is 44.8 Å². The molecule has 2 atom stereocenters. The Bertz CT molecular complexity index is 1490. The Morgan fingerprint density at radius 3 is 2.06 bits per heavy atom. The van der Waals surface area contributed by atoms with Crippen molar-refractivity contribution in [1.29, 1.82) is 0 Å². The lowest BCUT2D eigenvalue weighted by molar-refractivity contribution is 0.197. The molecule has 1 aromatic heterocycles. The number of nitrogens with one attached hydrogen (secondary N) is 1. The van der Waals surface area contributed by atoms with Crippen LogP contribution in [0.25, 0.3) is 11.3 Å². The second-order valence-corrected chi connectivity index (χ2v) is 8.44. The molecule has 0 aliphatic carbocycles. The summed E-state index contributed by atoms with van der Waals surface area (Å²) in [6.45, 7) is 0. The lowest BCUT2D eigenvalue weighted by atomic mass is 9.97. The minimum Gasteiger partial charge on any atom is -0.467 e. The van der Waals surface area contributed by atoms with Crippen molar-refractivity contribution in [2.75, 3.05) is 5.32 Å². The second kappa shape index (κ2) is 9.80. The third kappa shape index (κ3) is 4.44. The molecule has 0 spiro atoms. The molecule has 0 saturated heterocycles. The number of benzene rings is 4. The third-order valence-corrected chi connectivity index (χ3v) is 6.08. The van der Waals surface area contributed by atoms with Gasteiger partial charge in [0.1, 0.15) is 6.04 Å². The molecule has 1 N–H and O–H groups in total. The highest BCUT2D eigenvalue weighted by molar-refractivity contribution is 6.01. The van der Waals surface area contributed by atoms with E-state index in [0.717, 1.165) is 33.6 Å². The Morgan fingerprint density at radius 1 is 0.667 bits per heavy atom. The SMILES string of the molecule is c1ccc(-c2cnnc(Nc3ccccc3C3=N[C@H](c4ccccc4)[C@H](c4ccccc4)O3)n2)cc1. The largest absolute Gasteiger partial charge is 0.467 e. The molecular formula is C30H23N5O. The topological polar surface area (TPSA) is 72.3 Å². The van der Waals surface area contributed by atoms with Gasteiger partial charge in [0.15, 0.2) is 6.10 Å². The molecular weight excluding hydrogens is 446 g/mol. The summed E-state index contributed by atoms with van der Waals surface area (Å²) in [4.78, 5) is 9.72. The van der Waals surface area contributed by atoms with Gasteiger partial charge in [0.2, 0.25) is 11.8 Å². The van der Waals surface area contributed by atoms with E-state index < -0.39 is 0 Å². The normalized spacial score (nSPS) is 16.7. The molecule has 0 bridgehead atoms. The maximum Gasteiger partial charge on any atom is 0.247 e. The summed E-state index contributed by atoms with van der Waals surface area (Å²) < 4.78 is 6.53. The number of aliphatic imine (C=N–C) groups is 1. The molecule has 0 unspecified atom stereocenters. The first-order valence-corrected chi connectivity index (χ1v) is 11.8. The number of nitrogens with zero attached hydrogens (tertiary/aromatic N) is 4. The van der Waals surface area contributed by atoms with Gasteiger partial charge in [-0.15, -0.1) is 5.10 Å². The number of hydrogen-bond acceptors (Lipinski definition) is 6. The maximum atomic E-state index is 6.53. The van der Waals surface area contributed by atoms with Crippen LogP contribution in [0.15, 0.2) is 126 Å².